The molecule has 3 N–H and O–H groups in total. The summed E-state index contributed by atoms with van der Waals surface area (Å²) in [5.41, 5.74) is 8.43. The van der Waals surface area contributed by atoms with Crippen molar-refractivity contribution in [2.45, 2.75) is 18.9 Å². The minimum atomic E-state index is -0.526. The van der Waals surface area contributed by atoms with Gasteiger partial charge in [0.25, 0.3) is 0 Å². The molecular formula is C15H16ClNO. The zero-order valence-corrected chi connectivity index (χ0v) is 10.8. The highest BCUT2D eigenvalue weighted by atomic mass is 35.5. The number of halogens is 1. The van der Waals surface area contributed by atoms with Gasteiger partial charge in [-0.05, 0) is 36.6 Å². The van der Waals surface area contributed by atoms with Crippen molar-refractivity contribution in [3.8, 4) is 0 Å². The Morgan fingerprint density at radius 1 is 1.06 bits per heavy atom. The maximum absolute atomic E-state index is 10.1. The summed E-state index contributed by atoms with van der Waals surface area (Å²) in [6.45, 7) is 0. The second-order valence-electron chi connectivity index (χ2n) is 4.31. The van der Waals surface area contributed by atoms with E-state index in [9.17, 15) is 5.11 Å². The van der Waals surface area contributed by atoms with Crippen LogP contribution in [0.3, 0.4) is 0 Å². The second-order valence-corrected chi connectivity index (χ2v) is 4.75. The molecule has 2 aromatic rings. The molecule has 1 atom stereocenters. The molecule has 0 bridgehead atoms. The summed E-state index contributed by atoms with van der Waals surface area (Å²) >= 11 is 5.83. The molecule has 0 aliphatic rings. The molecule has 2 nitrogen and oxygen atoms in total. The monoisotopic (exact) mass is 261 g/mol. The number of nitrogen functional groups attached to an aromatic ring is 1. The fourth-order valence-corrected chi connectivity index (χ4v) is 2.05. The van der Waals surface area contributed by atoms with Crippen LogP contribution >= 0.6 is 11.6 Å². The van der Waals surface area contributed by atoms with Crippen molar-refractivity contribution in [3.63, 3.8) is 0 Å². The molecule has 0 amide bonds. The van der Waals surface area contributed by atoms with E-state index in [1.54, 1.807) is 6.07 Å². The van der Waals surface area contributed by atoms with Crippen molar-refractivity contribution in [2.24, 2.45) is 0 Å². The Balaban J connectivity index is 1.98. The summed E-state index contributed by atoms with van der Waals surface area (Å²) in [6.07, 6.45) is 0.921. The van der Waals surface area contributed by atoms with Gasteiger partial charge in [-0.2, -0.15) is 0 Å². The van der Waals surface area contributed by atoms with Crippen LogP contribution in [0.2, 0.25) is 5.02 Å². The number of anilines is 1. The lowest BCUT2D eigenvalue weighted by Crippen LogP contribution is -2.03. The third-order valence-electron chi connectivity index (χ3n) is 2.97. The highest BCUT2D eigenvalue weighted by molar-refractivity contribution is 6.30. The number of aryl methyl sites for hydroxylation is 1. The highest BCUT2D eigenvalue weighted by Gasteiger charge is 2.10. The molecular weight excluding hydrogens is 246 g/mol. The molecule has 0 aliphatic carbocycles. The molecule has 0 spiro atoms. The molecule has 0 heterocycles. The molecule has 2 aromatic carbocycles. The fourth-order valence-electron chi connectivity index (χ4n) is 1.92. The number of aliphatic hydroxyl groups excluding tert-OH is 1. The lowest BCUT2D eigenvalue weighted by molar-refractivity contribution is 0.168. The highest BCUT2D eigenvalue weighted by Crippen LogP contribution is 2.24. The Bertz CT molecular complexity index is 510. The van der Waals surface area contributed by atoms with Gasteiger partial charge in [-0.15, -0.1) is 0 Å². The van der Waals surface area contributed by atoms with E-state index in [0.29, 0.717) is 12.1 Å². The first-order valence-corrected chi connectivity index (χ1v) is 6.31. The van der Waals surface area contributed by atoms with Crippen LogP contribution in [0.4, 0.5) is 5.69 Å². The van der Waals surface area contributed by atoms with Gasteiger partial charge < -0.3 is 10.8 Å². The van der Waals surface area contributed by atoms with Crippen LogP contribution < -0.4 is 5.73 Å². The van der Waals surface area contributed by atoms with Crippen LogP contribution in [0.25, 0.3) is 0 Å². The third kappa shape index (κ3) is 3.25. The SMILES string of the molecule is Nc1ccccc1[C@H](O)CCc1ccc(Cl)cc1. The normalized spacial score (nSPS) is 12.3. The molecule has 94 valence electrons. The summed E-state index contributed by atoms with van der Waals surface area (Å²) < 4.78 is 0. The first-order chi connectivity index (χ1) is 8.66. The number of aliphatic hydroxyl groups is 1. The zero-order chi connectivity index (χ0) is 13.0. The molecule has 3 heteroatoms. The van der Waals surface area contributed by atoms with Crippen molar-refractivity contribution >= 4 is 17.3 Å². The molecule has 0 aliphatic heterocycles. The molecule has 0 aromatic heterocycles. The van der Waals surface area contributed by atoms with E-state index in [1.165, 1.54) is 0 Å². The summed E-state index contributed by atoms with van der Waals surface area (Å²) in [7, 11) is 0. The first-order valence-electron chi connectivity index (χ1n) is 5.94. The van der Waals surface area contributed by atoms with Gasteiger partial charge in [0.05, 0.1) is 6.10 Å². The minimum absolute atomic E-state index is 0.526. The van der Waals surface area contributed by atoms with E-state index in [0.717, 1.165) is 22.6 Å². The van der Waals surface area contributed by atoms with Crippen molar-refractivity contribution < 1.29 is 5.11 Å². The van der Waals surface area contributed by atoms with E-state index < -0.39 is 6.10 Å². The minimum Gasteiger partial charge on any atom is -0.398 e. The van der Waals surface area contributed by atoms with Crippen molar-refractivity contribution in [1.29, 1.82) is 0 Å². The van der Waals surface area contributed by atoms with Crippen molar-refractivity contribution in [3.05, 3.63) is 64.7 Å². The van der Waals surface area contributed by atoms with Gasteiger partial charge in [0, 0.05) is 16.3 Å². The predicted octanol–water partition coefficient (Wildman–Crippen LogP) is 3.59. The summed E-state index contributed by atoms with van der Waals surface area (Å²) in [4.78, 5) is 0. The molecule has 0 saturated heterocycles. The average Bonchev–Trinajstić information content (AvgIpc) is 2.38. The maximum Gasteiger partial charge on any atom is 0.0813 e. The molecule has 0 fully saturated rings. The molecule has 18 heavy (non-hydrogen) atoms. The van der Waals surface area contributed by atoms with Gasteiger partial charge in [0.15, 0.2) is 0 Å². The number of nitrogens with two attached hydrogens (primary N) is 1. The predicted molar refractivity (Wildman–Crippen MR) is 75.6 cm³/mol. The first kappa shape index (κ1) is 12.9. The standard InChI is InChI=1S/C15H16ClNO/c16-12-8-5-11(6-9-12)7-10-15(18)13-3-1-2-4-14(13)17/h1-6,8-9,15,18H,7,10,17H2/t15-/m1/s1. The van der Waals surface area contributed by atoms with Gasteiger partial charge in [0.2, 0.25) is 0 Å². The van der Waals surface area contributed by atoms with E-state index in [1.807, 2.05) is 42.5 Å². The largest absolute Gasteiger partial charge is 0.398 e. The second kappa shape index (κ2) is 5.89. The van der Waals surface area contributed by atoms with Crippen LogP contribution in [-0.2, 0) is 6.42 Å². The molecule has 0 radical (unpaired) electrons. The lowest BCUT2D eigenvalue weighted by Gasteiger charge is -2.13. The summed E-state index contributed by atoms with van der Waals surface area (Å²) in [5, 5.41) is 10.8. The van der Waals surface area contributed by atoms with Gasteiger partial charge >= 0.3 is 0 Å². The number of para-hydroxylation sites is 1. The Morgan fingerprint density at radius 3 is 2.39 bits per heavy atom. The number of hydrogen-bond donors (Lipinski definition) is 2. The van der Waals surface area contributed by atoms with Crippen LogP contribution in [-0.4, -0.2) is 5.11 Å². The smallest absolute Gasteiger partial charge is 0.0813 e. The van der Waals surface area contributed by atoms with E-state index in [4.69, 9.17) is 17.3 Å². The van der Waals surface area contributed by atoms with E-state index in [-0.39, 0.29) is 0 Å². The van der Waals surface area contributed by atoms with Crippen molar-refractivity contribution in [1.82, 2.24) is 0 Å². The third-order valence-corrected chi connectivity index (χ3v) is 3.23. The fraction of sp³-hybridized carbons (Fsp3) is 0.200. The average molecular weight is 262 g/mol. The van der Waals surface area contributed by atoms with Gasteiger partial charge in [-0.3, -0.25) is 0 Å². The Morgan fingerprint density at radius 2 is 1.72 bits per heavy atom. The summed E-state index contributed by atoms with van der Waals surface area (Å²) in [6, 6.07) is 15.1. The Kier molecular flexibility index (Phi) is 4.24. The molecule has 2 rings (SSSR count). The molecule has 0 unspecified atom stereocenters. The maximum atomic E-state index is 10.1. The van der Waals surface area contributed by atoms with Crippen LogP contribution in [0.1, 0.15) is 23.7 Å². The number of benzene rings is 2. The van der Waals surface area contributed by atoms with E-state index in [2.05, 4.69) is 0 Å². The Labute approximate surface area is 112 Å². The van der Waals surface area contributed by atoms with Gasteiger partial charge in [0.1, 0.15) is 0 Å². The molecule has 0 saturated carbocycles. The zero-order valence-electron chi connectivity index (χ0n) is 10.0. The van der Waals surface area contributed by atoms with Crippen LogP contribution in [0.15, 0.2) is 48.5 Å². The topological polar surface area (TPSA) is 46.2 Å². The van der Waals surface area contributed by atoms with Crippen LogP contribution in [0.5, 0.6) is 0 Å². The van der Waals surface area contributed by atoms with Gasteiger partial charge in [-0.1, -0.05) is 41.9 Å². The summed E-state index contributed by atoms with van der Waals surface area (Å²) in [5.74, 6) is 0. The number of rotatable bonds is 4. The van der Waals surface area contributed by atoms with E-state index >= 15 is 0 Å². The van der Waals surface area contributed by atoms with Gasteiger partial charge in [-0.25, -0.2) is 0 Å². The quantitative estimate of drug-likeness (QED) is 0.827. The van der Waals surface area contributed by atoms with Crippen molar-refractivity contribution in [2.75, 3.05) is 5.73 Å². The van der Waals surface area contributed by atoms with Crippen LogP contribution in [0, 0.1) is 0 Å². The number of hydrogen-bond acceptors (Lipinski definition) is 2. The Hall–Kier alpha value is -1.51. The lowest BCUT2D eigenvalue weighted by atomic mass is 10.0.